The molecule has 0 bridgehead atoms. The molecular weight excluding hydrogens is 412 g/mol. The number of hydrogen-bond donors (Lipinski definition) is 2. The van der Waals surface area contributed by atoms with Gasteiger partial charge in [0.15, 0.2) is 0 Å². The highest BCUT2D eigenvalue weighted by Crippen LogP contribution is 2.31. The Labute approximate surface area is 175 Å². The van der Waals surface area contributed by atoms with Crippen molar-refractivity contribution in [3.05, 3.63) is 59.4 Å². The molecule has 0 saturated heterocycles. The van der Waals surface area contributed by atoms with Gasteiger partial charge in [-0.1, -0.05) is 6.07 Å². The van der Waals surface area contributed by atoms with Crippen molar-refractivity contribution in [2.45, 2.75) is 37.9 Å². The van der Waals surface area contributed by atoms with Gasteiger partial charge in [-0.2, -0.15) is 0 Å². The minimum atomic E-state index is -0.739. The third kappa shape index (κ3) is 4.47. The summed E-state index contributed by atoms with van der Waals surface area (Å²) in [5.41, 5.74) is 0.153. The summed E-state index contributed by atoms with van der Waals surface area (Å²) in [7, 11) is 0. The average Bonchev–Trinajstić information content (AvgIpc) is 3.21. The predicted molar refractivity (Wildman–Crippen MR) is 109 cm³/mol. The Hall–Kier alpha value is -2.91. The summed E-state index contributed by atoms with van der Waals surface area (Å²) in [6, 6.07) is 5.21. The van der Waals surface area contributed by atoms with Crippen molar-refractivity contribution in [3.63, 3.8) is 0 Å². The summed E-state index contributed by atoms with van der Waals surface area (Å²) >= 11 is 0.980. The molecular formula is C21H19F2N3O3S. The molecule has 0 spiro atoms. The number of anilines is 1. The molecule has 3 aromatic rings. The maximum atomic E-state index is 14.0. The zero-order chi connectivity index (χ0) is 21.1. The minimum absolute atomic E-state index is 0.0354. The first-order valence-electron chi connectivity index (χ1n) is 9.51. The molecule has 4 rings (SSSR count). The van der Waals surface area contributed by atoms with E-state index >= 15 is 0 Å². The van der Waals surface area contributed by atoms with Crippen LogP contribution in [0.5, 0.6) is 5.75 Å². The van der Waals surface area contributed by atoms with Gasteiger partial charge in [0.25, 0.3) is 5.91 Å². The number of nitrogens with zero attached hydrogens (tertiary/aromatic N) is 2. The third-order valence-electron chi connectivity index (χ3n) is 4.88. The number of carbonyl (C=O) groups is 1. The van der Waals surface area contributed by atoms with E-state index in [1.54, 1.807) is 12.3 Å². The van der Waals surface area contributed by atoms with Crippen molar-refractivity contribution < 1.29 is 23.4 Å². The first-order valence-corrected chi connectivity index (χ1v) is 10.4. The van der Waals surface area contributed by atoms with Crippen LogP contribution in [0.3, 0.4) is 0 Å². The Morgan fingerprint density at radius 2 is 1.90 bits per heavy atom. The van der Waals surface area contributed by atoms with E-state index in [9.17, 15) is 18.7 Å². The van der Waals surface area contributed by atoms with Crippen LogP contribution in [0.2, 0.25) is 0 Å². The molecule has 1 saturated carbocycles. The van der Waals surface area contributed by atoms with Crippen LogP contribution in [0.4, 0.5) is 14.5 Å². The second kappa shape index (κ2) is 8.85. The fraction of sp³-hybridized carbons (Fsp3) is 0.286. The summed E-state index contributed by atoms with van der Waals surface area (Å²) < 4.78 is 34.0. The van der Waals surface area contributed by atoms with Crippen molar-refractivity contribution in [2.75, 3.05) is 5.32 Å². The van der Waals surface area contributed by atoms with Gasteiger partial charge in [0.2, 0.25) is 0 Å². The number of ether oxygens (including phenoxy) is 1. The standard InChI is InChI=1S/C21H19F2N3O3S/c22-14-2-1-3-15(23)19(14)21-26-17(11-30-21)20(28)25-16-10-24-9-8-18(16)29-13-6-4-12(27)5-7-13/h1-3,8-13,27H,4-7H2,(H,25,28)/t12-,13-. The van der Waals surface area contributed by atoms with Crippen LogP contribution in [0.15, 0.2) is 42.0 Å². The Morgan fingerprint density at radius 1 is 1.17 bits per heavy atom. The Kier molecular flexibility index (Phi) is 6.01. The van der Waals surface area contributed by atoms with Gasteiger partial charge in [0, 0.05) is 17.6 Å². The van der Waals surface area contributed by atoms with E-state index in [1.165, 1.54) is 17.6 Å². The number of thiazole rings is 1. The first-order chi connectivity index (χ1) is 14.5. The number of carbonyl (C=O) groups excluding carboxylic acids is 1. The highest BCUT2D eigenvalue weighted by Gasteiger charge is 2.23. The van der Waals surface area contributed by atoms with Gasteiger partial charge in [-0.15, -0.1) is 11.3 Å². The fourth-order valence-corrected chi connectivity index (χ4v) is 4.15. The molecule has 0 aliphatic heterocycles. The monoisotopic (exact) mass is 431 g/mol. The third-order valence-corrected chi connectivity index (χ3v) is 5.74. The quantitative estimate of drug-likeness (QED) is 0.625. The van der Waals surface area contributed by atoms with E-state index in [4.69, 9.17) is 4.74 Å². The first kappa shape index (κ1) is 20.4. The van der Waals surface area contributed by atoms with Gasteiger partial charge >= 0.3 is 0 Å². The number of nitrogens with one attached hydrogen (secondary N) is 1. The maximum absolute atomic E-state index is 14.0. The smallest absolute Gasteiger partial charge is 0.275 e. The summed E-state index contributed by atoms with van der Waals surface area (Å²) in [5, 5.41) is 13.9. The van der Waals surface area contributed by atoms with Crippen LogP contribution in [-0.4, -0.2) is 33.2 Å². The molecule has 1 amide bonds. The topological polar surface area (TPSA) is 84.3 Å². The SMILES string of the molecule is O=C(Nc1cnccc1O[C@H]1CC[C@H](O)CC1)c1csc(-c2c(F)cccc2F)n1. The number of hydrogen-bond acceptors (Lipinski definition) is 6. The summed E-state index contributed by atoms with van der Waals surface area (Å²) in [5.74, 6) is -1.55. The molecule has 2 heterocycles. The molecule has 1 aliphatic carbocycles. The predicted octanol–water partition coefficient (Wildman–Crippen LogP) is 4.42. The van der Waals surface area contributed by atoms with Crippen LogP contribution >= 0.6 is 11.3 Å². The minimum Gasteiger partial charge on any atom is -0.488 e. The fourth-order valence-electron chi connectivity index (χ4n) is 3.30. The Balaban J connectivity index is 1.49. The van der Waals surface area contributed by atoms with Gasteiger partial charge in [0.1, 0.15) is 33.8 Å². The van der Waals surface area contributed by atoms with E-state index in [0.717, 1.165) is 36.3 Å². The molecule has 1 aromatic carbocycles. The van der Waals surface area contributed by atoms with Crippen LogP contribution in [0.25, 0.3) is 10.6 Å². The number of halogens is 2. The van der Waals surface area contributed by atoms with Crippen molar-refractivity contribution in [3.8, 4) is 16.3 Å². The number of aromatic nitrogens is 2. The maximum Gasteiger partial charge on any atom is 0.275 e. The molecule has 2 aromatic heterocycles. The largest absolute Gasteiger partial charge is 0.488 e. The normalized spacial score (nSPS) is 18.8. The highest BCUT2D eigenvalue weighted by molar-refractivity contribution is 7.13. The highest BCUT2D eigenvalue weighted by atomic mass is 32.1. The van der Waals surface area contributed by atoms with Gasteiger partial charge < -0.3 is 15.2 Å². The molecule has 156 valence electrons. The van der Waals surface area contributed by atoms with Crippen LogP contribution in [-0.2, 0) is 0 Å². The van der Waals surface area contributed by atoms with E-state index in [2.05, 4.69) is 15.3 Å². The number of rotatable bonds is 5. The van der Waals surface area contributed by atoms with Crippen LogP contribution < -0.4 is 10.1 Å². The molecule has 2 N–H and O–H groups in total. The van der Waals surface area contributed by atoms with Gasteiger partial charge in [-0.25, -0.2) is 13.8 Å². The molecule has 6 nitrogen and oxygen atoms in total. The number of benzene rings is 1. The molecule has 1 aliphatic rings. The number of amides is 1. The average molecular weight is 431 g/mol. The van der Waals surface area contributed by atoms with E-state index in [1.807, 2.05) is 0 Å². The van der Waals surface area contributed by atoms with Crippen molar-refractivity contribution in [1.29, 1.82) is 0 Å². The van der Waals surface area contributed by atoms with Gasteiger partial charge in [0.05, 0.1) is 24.0 Å². The van der Waals surface area contributed by atoms with E-state index in [-0.39, 0.29) is 28.5 Å². The molecule has 0 atom stereocenters. The Morgan fingerprint density at radius 3 is 2.63 bits per heavy atom. The molecule has 0 radical (unpaired) electrons. The Bertz CT molecular complexity index is 1030. The van der Waals surface area contributed by atoms with Gasteiger partial charge in [-0.3, -0.25) is 9.78 Å². The van der Waals surface area contributed by atoms with Crippen molar-refractivity contribution >= 4 is 22.9 Å². The van der Waals surface area contributed by atoms with Crippen LogP contribution in [0.1, 0.15) is 36.2 Å². The lowest BCUT2D eigenvalue weighted by Crippen LogP contribution is -2.27. The summed E-state index contributed by atoms with van der Waals surface area (Å²) in [6.45, 7) is 0. The second-order valence-corrected chi connectivity index (χ2v) is 7.87. The molecule has 30 heavy (non-hydrogen) atoms. The zero-order valence-electron chi connectivity index (χ0n) is 15.8. The van der Waals surface area contributed by atoms with E-state index in [0.29, 0.717) is 24.3 Å². The number of aliphatic hydroxyl groups is 1. The van der Waals surface area contributed by atoms with Crippen molar-refractivity contribution in [2.24, 2.45) is 0 Å². The summed E-state index contributed by atoms with van der Waals surface area (Å²) in [4.78, 5) is 20.8. The molecule has 9 heteroatoms. The van der Waals surface area contributed by atoms with Crippen molar-refractivity contribution in [1.82, 2.24) is 9.97 Å². The zero-order valence-corrected chi connectivity index (χ0v) is 16.7. The lowest BCUT2D eigenvalue weighted by Gasteiger charge is -2.26. The van der Waals surface area contributed by atoms with Gasteiger partial charge in [-0.05, 0) is 37.8 Å². The number of pyridine rings is 1. The molecule has 1 fully saturated rings. The lowest BCUT2D eigenvalue weighted by molar-refractivity contribution is 0.0668. The van der Waals surface area contributed by atoms with Crippen LogP contribution in [0, 0.1) is 11.6 Å². The van der Waals surface area contributed by atoms with E-state index < -0.39 is 17.5 Å². The second-order valence-electron chi connectivity index (χ2n) is 7.01. The number of aliphatic hydroxyl groups excluding tert-OH is 1. The summed E-state index contributed by atoms with van der Waals surface area (Å²) in [6.07, 6.45) is 5.47. The lowest BCUT2D eigenvalue weighted by atomic mass is 9.95. The molecule has 0 unspecified atom stereocenters.